The molecule has 15 heavy (non-hydrogen) atoms. The molecule has 0 fully saturated rings. The van der Waals surface area contributed by atoms with E-state index in [0.29, 0.717) is 5.70 Å². The van der Waals surface area contributed by atoms with E-state index in [1.54, 1.807) is 11.2 Å². The lowest BCUT2D eigenvalue weighted by Gasteiger charge is -2.25. The molecule has 82 valence electrons. The van der Waals surface area contributed by atoms with E-state index in [9.17, 15) is 0 Å². The molecule has 2 N–H and O–H groups in total. The van der Waals surface area contributed by atoms with E-state index in [0.717, 1.165) is 11.5 Å². The number of aromatic amines is 1. The summed E-state index contributed by atoms with van der Waals surface area (Å²) in [7, 11) is 0. The third-order valence-corrected chi connectivity index (χ3v) is 2.12. The second-order valence-corrected chi connectivity index (χ2v) is 3.35. The molecule has 0 spiro atoms. The minimum atomic E-state index is -0.154. The van der Waals surface area contributed by atoms with Gasteiger partial charge in [0.15, 0.2) is 0 Å². The van der Waals surface area contributed by atoms with Gasteiger partial charge in [0.25, 0.3) is 0 Å². The first kappa shape index (κ1) is 11.5. The Hall–Kier alpha value is -1.62. The lowest BCUT2D eigenvalue weighted by molar-refractivity contribution is 0.188. The van der Waals surface area contributed by atoms with Gasteiger partial charge in [0.2, 0.25) is 0 Å². The molecule has 0 aromatic carbocycles. The number of nitrogens with one attached hydrogen (secondary N) is 1. The van der Waals surface area contributed by atoms with Crippen LogP contribution in [0.4, 0.5) is 0 Å². The van der Waals surface area contributed by atoms with E-state index in [1.807, 2.05) is 13.8 Å². The first-order valence-electron chi connectivity index (χ1n) is 4.67. The van der Waals surface area contributed by atoms with Crippen molar-refractivity contribution in [3.63, 3.8) is 0 Å². The Morgan fingerprint density at radius 1 is 1.80 bits per heavy atom. The average Bonchev–Trinajstić information content (AvgIpc) is 2.65. The highest BCUT2D eigenvalue weighted by Crippen LogP contribution is 2.18. The third kappa shape index (κ3) is 2.44. The van der Waals surface area contributed by atoms with Gasteiger partial charge in [-0.15, -0.1) is 0 Å². The number of aliphatic hydroxyl groups is 1. The number of H-pyrrole nitrogens is 1. The van der Waals surface area contributed by atoms with Gasteiger partial charge in [-0.1, -0.05) is 6.58 Å². The number of hydrazone groups is 1. The van der Waals surface area contributed by atoms with Crippen LogP contribution in [0.2, 0.25) is 0 Å². The van der Waals surface area contributed by atoms with Crippen LogP contribution in [0.15, 0.2) is 17.9 Å². The number of aromatic nitrogens is 2. The molecule has 0 aliphatic heterocycles. The molecular weight excluding hydrogens is 192 g/mol. The number of aliphatic hydroxyl groups excluding tert-OH is 1. The van der Waals surface area contributed by atoms with Gasteiger partial charge in [0.05, 0.1) is 30.2 Å². The summed E-state index contributed by atoms with van der Waals surface area (Å²) in [5.74, 6) is 0.812. The van der Waals surface area contributed by atoms with Crippen molar-refractivity contribution >= 4 is 12.4 Å². The number of rotatable bonds is 5. The quantitative estimate of drug-likeness (QED) is 0.560. The summed E-state index contributed by atoms with van der Waals surface area (Å²) < 4.78 is 0. The van der Waals surface area contributed by atoms with Crippen LogP contribution in [0.1, 0.15) is 18.4 Å². The molecule has 5 heteroatoms. The summed E-state index contributed by atoms with van der Waals surface area (Å²) in [6.45, 7) is 11.0. The zero-order valence-electron chi connectivity index (χ0n) is 9.06. The highest BCUT2D eigenvalue weighted by molar-refractivity contribution is 5.58. The van der Waals surface area contributed by atoms with Gasteiger partial charge in [-0.05, 0) is 13.8 Å². The van der Waals surface area contributed by atoms with Gasteiger partial charge < -0.3 is 10.1 Å². The Morgan fingerprint density at radius 2 is 2.47 bits per heavy atom. The maximum Gasteiger partial charge on any atom is 0.103 e. The first-order chi connectivity index (χ1) is 7.10. The zero-order valence-corrected chi connectivity index (χ0v) is 9.06. The largest absolute Gasteiger partial charge is 0.394 e. The van der Waals surface area contributed by atoms with E-state index in [4.69, 9.17) is 5.11 Å². The summed E-state index contributed by atoms with van der Waals surface area (Å²) >= 11 is 0. The summed E-state index contributed by atoms with van der Waals surface area (Å²) in [6.07, 6.45) is 1.68. The predicted octanol–water partition coefficient (Wildman–Crippen LogP) is 0.987. The number of hydrogen-bond donors (Lipinski definition) is 2. The van der Waals surface area contributed by atoms with Crippen LogP contribution < -0.4 is 0 Å². The van der Waals surface area contributed by atoms with Crippen molar-refractivity contribution in [2.75, 3.05) is 6.61 Å². The molecule has 0 aliphatic carbocycles. The highest BCUT2D eigenvalue weighted by atomic mass is 16.3. The molecule has 1 rings (SSSR count). The number of aryl methyl sites for hydroxylation is 1. The molecule has 0 saturated heterocycles. The van der Waals surface area contributed by atoms with Crippen LogP contribution in [0.25, 0.3) is 5.70 Å². The summed E-state index contributed by atoms with van der Waals surface area (Å²) in [6, 6.07) is -0.154. The molecule has 5 nitrogen and oxygen atoms in total. The predicted molar refractivity (Wildman–Crippen MR) is 60.3 cm³/mol. The molecule has 0 radical (unpaired) electrons. The van der Waals surface area contributed by atoms with Crippen molar-refractivity contribution in [3.8, 4) is 0 Å². The Labute approximate surface area is 89.1 Å². The fourth-order valence-corrected chi connectivity index (χ4v) is 1.26. The number of imidazole rings is 1. The topological polar surface area (TPSA) is 64.5 Å². The minimum Gasteiger partial charge on any atom is -0.394 e. The maximum atomic E-state index is 9.04. The van der Waals surface area contributed by atoms with Gasteiger partial charge in [-0.3, -0.25) is 5.01 Å². The van der Waals surface area contributed by atoms with Crippen LogP contribution in [-0.2, 0) is 0 Å². The number of hydrogen-bond acceptors (Lipinski definition) is 4. The second-order valence-electron chi connectivity index (χ2n) is 3.35. The Balaban J connectivity index is 2.86. The normalized spacial score (nSPS) is 12.2. The molecule has 0 amide bonds. The van der Waals surface area contributed by atoms with E-state index in [-0.39, 0.29) is 12.6 Å². The smallest absolute Gasteiger partial charge is 0.103 e. The Bertz CT molecular complexity index is 358. The molecule has 1 aromatic rings. The van der Waals surface area contributed by atoms with Crippen LogP contribution in [0.5, 0.6) is 0 Å². The fraction of sp³-hybridized carbons (Fsp3) is 0.400. The standard InChI is InChI=1S/C10H16N4O/c1-7(6-15)14(11-4)8(2)10-5-12-9(3)13-10/h5,7,15H,2,4,6H2,1,3H3,(H,12,13). The van der Waals surface area contributed by atoms with E-state index >= 15 is 0 Å². The van der Waals surface area contributed by atoms with Gasteiger partial charge in [-0.2, -0.15) is 5.10 Å². The molecule has 0 bridgehead atoms. The summed E-state index contributed by atoms with van der Waals surface area (Å²) in [5.41, 5.74) is 1.42. The van der Waals surface area contributed by atoms with E-state index in [2.05, 4.69) is 28.4 Å². The van der Waals surface area contributed by atoms with Gasteiger partial charge in [0.1, 0.15) is 5.82 Å². The van der Waals surface area contributed by atoms with Crippen molar-refractivity contribution in [2.45, 2.75) is 19.9 Å². The molecule has 0 saturated carbocycles. The third-order valence-electron chi connectivity index (χ3n) is 2.12. The molecular formula is C10H16N4O. The molecule has 1 heterocycles. The van der Waals surface area contributed by atoms with Gasteiger partial charge in [-0.25, -0.2) is 4.98 Å². The first-order valence-corrected chi connectivity index (χ1v) is 4.67. The maximum absolute atomic E-state index is 9.04. The lowest BCUT2D eigenvalue weighted by Crippen LogP contribution is -2.29. The van der Waals surface area contributed by atoms with E-state index < -0.39 is 0 Å². The van der Waals surface area contributed by atoms with Crippen molar-refractivity contribution in [1.82, 2.24) is 15.0 Å². The van der Waals surface area contributed by atoms with Gasteiger partial charge in [0, 0.05) is 6.72 Å². The Morgan fingerprint density at radius 3 is 2.87 bits per heavy atom. The lowest BCUT2D eigenvalue weighted by atomic mass is 10.3. The van der Waals surface area contributed by atoms with Gasteiger partial charge >= 0.3 is 0 Å². The van der Waals surface area contributed by atoms with Crippen molar-refractivity contribution in [1.29, 1.82) is 0 Å². The van der Waals surface area contributed by atoms with Crippen LogP contribution >= 0.6 is 0 Å². The summed E-state index contributed by atoms with van der Waals surface area (Å²) in [4.78, 5) is 7.12. The number of nitrogens with zero attached hydrogens (tertiary/aromatic N) is 3. The molecule has 1 aromatic heterocycles. The second kappa shape index (κ2) is 4.75. The monoisotopic (exact) mass is 208 g/mol. The van der Waals surface area contributed by atoms with Crippen molar-refractivity contribution in [2.24, 2.45) is 5.10 Å². The minimum absolute atomic E-state index is 0.00877. The molecule has 0 aliphatic rings. The van der Waals surface area contributed by atoms with Crippen LogP contribution in [0.3, 0.4) is 0 Å². The van der Waals surface area contributed by atoms with Crippen molar-refractivity contribution < 1.29 is 5.11 Å². The highest BCUT2D eigenvalue weighted by Gasteiger charge is 2.15. The molecule has 1 unspecified atom stereocenters. The average molecular weight is 208 g/mol. The fourth-order valence-electron chi connectivity index (χ4n) is 1.26. The van der Waals surface area contributed by atoms with E-state index in [1.165, 1.54) is 0 Å². The van der Waals surface area contributed by atoms with Crippen LogP contribution in [0, 0.1) is 6.92 Å². The van der Waals surface area contributed by atoms with Crippen LogP contribution in [-0.4, -0.2) is 39.4 Å². The molecule has 1 atom stereocenters. The zero-order chi connectivity index (χ0) is 11.4. The summed E-state index contributed by atoms with van der Waals surface area (Å²) in [5, 5.41) is 14.4. The van der Waals surface area contributed by atoms with Crippen molar-refractivity contribution in [3.05, 3.63) is 24.3 Å². The Kier molecular flexibility index (Phi) is 3.62. The SMILES string of the molecule is C=NN(C(=C)c1cnc(C)[nH]1)C(C)CO.